The van der Waals surface area contributed by atoms with Crippen LogP contribution >= 0.6 is 11.8 Å². The van der Waals surface area contributed by atoms with Gasteiger partial charge in [0.05, 0.1) is 25.7 Å². The second-order valence-electron chi connectivity index (χ2n) is 7.04. The molecule has 3 rings (SSSR count). The van der Waals surface area contributed by atoms with Crippen LogP contribution in [0.25, 0.3) is 0 Å². The highest BCUT2D eigenvalue weighted by atomic mass is 32.2. The van der Waals surface area contributed by atoms with Crippen molar-refractivity contribution >= 4 is 38.5 Å². The van der Waals surface area contributed by atoms with E-state index >= 15 is 0 Å². The Balaban J connectivity index is 1.70. The first-order chi connectivity index (χ1) is 15.4. The molecule has 2 aromatic rings. The number of sulfonamides is 1. The van der Waals surface area contributed by atoms with Crippen LogP contribution in [0.3, 0.4) is 0 Å². The van der Waals surface area contributed by atoms with Crippen LogP contribution in [0, 0.1) is 0 Å². The molecule has 2 aromatic carbocycles. The Kier molecular flexibility index (Phi) is 8.03. The predicted octanol–water partition coefficient (Wildman–Crippen LogP) is 3.42. The van der Waals surface area contributed by atoms with Crippen LogP contribution in [0.5, 0.6) is 11.5 Å². The number of benzene rings is 2. The summed E-state index contributed by atoms with van der Waals surface area (Å²) in [4.78, 5) is 14.6. The minimum absolute atomic E-state index is 0.0332. The number of nitrogens with one attached hydrogen (secondary N) is 1. The Morgan fingerprint density at radius 2 is 1.91 bits per heavy atom. The SMILES string of the molecule is CCCCN1C(SCC(=O)NCc2cccc(OC)c2OC)=NS(=O)(=O)c2ccccc21. The van der Waals surface area contributed by atoms with Gasteiger partial charge in [-0.05, 0) is 24.6 Å². The zero-order valence-corrected chi connectivity index (χ0v) is 20.0. The lowest BCUT2D eigenvalue weighted by Gasteiger charge is -2.30. The molecule has 1 amide bonds. The molecule has 0 spiro atoms. The first-order valence-corrected chi connectivity index (χ1v) is 12.6. The number of fused-ring (bicyclic) bond motifs is 1. The Labute approximate surface area is 193 Å². The van der Waals surface area contributed by atoms with Gasteiger partial charge in [-0.2, -0.15) is 8.42 Å². The molecule has 172 valence electrons. The molecule has 10 heteroatoms. The third-order valence-electron chi connectivity index (χ3n) is 4.89. The topological polar surface area (TPSA) is 97.3 Å². The van der Waals surface area contributed by atoms with Gasteiger partial charge in [-0.15, -0.1) is 4.40 Å². The van der Waals surface area contributed by atoms with Crippen LogP contribution in [0.15, 0.2) is 51.8 Å². The number of ether oxygens (including phenoxy) is 2. The molecule has 1 aliphatic rings. The fraction of sp³-hybridized carbons (Fsp3) is 0.364. The number of amidine groups is 1. The number of nitrogens with zero attached hydrogens (tertiary/aromatic N) is 2. The summed E-state index contributed by atoms with van der Waals surface area (Å²) in [6, 6.07) is 12.3. The maximum Gasteiger partial charge on any atom is 0.286 e. The summed E-state index contributed by atoms with van der Waals surface area (Å²) in [7, 11) is -0.707. The van der Waals surface area contributed by atoms with E-state index in [4.69, 9.17) is 9.47 Å². The van der Waals surface area contributed by atoms with Crippen LogP contribution in [0.2, 0.25) is 0 Å². The fourth-order valence-corrected chi connectivity index (χ4v) is 5.62. The molecule has 32 heavy (non-hydrogen) atoms. The number of unbranched alkanes of at least 4 members (excludes halogenated alkanes) is 1. The third kappa shape index (κ3) is 5.36. The molecule has 0 unspecified atom stereocenters. The van der Waals surface area contributed by atoms with Crippen LogP contribution in [-0.4, -0.2) is 46.0 Å². The maximum atomic E-state index is 12.6. The smallest absolute Gasteiger partial charge is 0.286 e. The van der Waals surface area contributed by atoms with E-state index in [-0.39, 0.29) is 23.1 Å². The summed E-state index contributed by atoms with van der Waals surface area (Å²) < 4.78 is 39.9. The summed E-state index contributed by atoms with van der Waals surface area (Å²) in [5.41, 5.74) is 1.38. The van der Waals surface area contributed by atoms with Crippen molar-refractivity contribution in [3.63, 3.8) is 0 Å². The summed E-state index contributed by atoms with van der Waals surface area (Å²) >= 11 is 1.11. The molecule has 0 saturated carbocycles. The van der Waals surface area contributed by atoms with E-state index < -0.39 is 10.0 Å². The molecular formula is C22H27N3O5S2. The molecule has 0 bridgehead atoms. The Morgan fingerprint density at radius 3 is 2.62 bits per heavy atom. The van der Waals surface area contributed by atoms with E-state index in [1.807, 2.05) is 17.0 Å². The van der Waals surface area contributed by atoms with Crippen molar-refractivity contribution in [2.24, 2.45) is 4.40 Å². The molecule has 0 saturated heterocycles. The van der Waals surface area contributed by atoms with Gasteiger partial charge < -0.3 is 19.7 Å². The zero-order valence-electron chi connectivity index (χ0n) is 18.3. The number of thioether (sulfide) groups is 1. The Bertz CT molecular complexity index is 1100. The first-order valence-electron chi connectivity index (χ1n) is 10.2. The molecule has 0 aromatic heterocycles. The van der Waals surface area contributed by atoms with Crippen LogP contribution < -0.4 is 19.7 Å². The molecule has 0 atom stereocenters. The predicted molar refractivity (Wildman–Crippen MR) is 127 cm³/mol. The van der Waals surface area contributed by atoms with Gasteiger partial charge in [-0.25, -0.2) is 0 Å². The standard InChI is InChI=1S/C22H27N3O5S2/c1-4-5-13-25-17-10-6-7-12-19(17)32(27,28)24-22(25)31-15-20(26)23-14-16-9-8-11-18(29-2)21(16)30-3/h6-12H,4-5,13-15H2,1-3H3,(H,23,26). The van der Waals surface area contributed by atoms with Gasteiger partial charge in [0.1, 0.15) is 4.90 Å². The van der Waals surface area contributed by atoms with Gasteiger partial charge in [0.2, 0.25) is 5.91 Å². The summed E-state index contributed by atoms with van der Waals surface area (Å²) in [5.74, 6) is 0.939. The molecule has 0 aliphatic carbocycles. The second-order valence-corrected chi connectivity index (χ2v) is 9.55. The number of anilines is 1. The molecule has 0 radical (unpaired) electrons. The first kappa shape index (κ1) is 23.9. The largest absolute Gasteiger partial charge is 0.493 e. The van der Waals surface area contributed by atoms with Gasteiger partial charge in [0.15, 0.2) is 16.7 Å². The highest BCUT2D eigenvalue weighted by Gasteiger charge is 2.30. The van der Waals surface area contributed by atoms with E-state index in [2.05, 4.69) is 16.6 Å². The van der Waals surface area contributed by atoms with E-state index in [1.54, 1.807) is 44.6 Å². The van der Waals surface area contributed by atoms with Gasteiger partial charge in [0.25, 0.3) is 10.0 Å². The van der Waals surface area contributed by atoms with Gasteiger partial charge >= 0.3 is 0 Å². The summed E-state index contributed by atoms with van der Waals surface area (Å²) in [5, 5.41) is 3.16. The number of rotatable bonds is 9. The lowest BCUT2D eigenvalue weighted by Crippen LogP contribution is -2.36. The third-order valence-corrected chi connectivity index (χ3v) is 7.30. The van der Waals surface area contributed by atoms with Crippen molar-refractivity contribution in [2.45, 2.75) is 31.2 Å². The van der Waals surface area contributed by atoms with Crippen molar-refractivity contribution in [1.82, 2.24) is 5.32 Å². The number of hydrogen-bond donors (Lipinski definition) is 1. The lowest BCUT2D eigenvalue weighted by molar-refractivity contribution is -0.118. The van der Waals surface area contributed by atoms with Gasteiger partial charge in [-0.1, -0.05) is 49.4 Å². The van der Waals surface area contributed by atoms with Crippen molar-refractivity contribution in [2.75, 3.05) is 31.4 Å². The van der Waals surface area contributed by atoms with Crippen molar-refractivity contribution in [3.05, 3.63) is 48.0 Å². The zero-order chi connectivity index (χ0) is 23.1. The Morgan fingerprint density at radius 1 is 1.12 bits per heavy atom. The fourth-order valence-electron chi connectivity index (χ4n) is 3.31. The quantitative estimate of drug-likeness (QED) is 0.591. The number of carbonyl (C=O) groups is 1. The second kappa shape index (κ2) is 10.7. The molecule has 1 aliphatic heterocycles. The highest BCUT2D eigenvalue weighted by molar-refractivity contribution is 8.15. The number of para-hydroxylation sites is 2. The lowest BCUT2D eigenvalue weighted by atomic mass is 10.2. The highest BCUT2D eigenvalue weighted by Crippen LogP contribution is 2.34. The number of methoxy groups -OCH3 is 2. The average molecular weight is 478 g/mol. The van der Waals surface area contributed by atoms with Crippen molar-refractivity contribution < 1.29 is 22.7 Å². The van der Waals surface area contributed by atoms with Gasteiger partial charge in [-0.3, -0.25) is 4.79 Å². The Hall–Kier alpha value is -2.72. The van der Waals surface area contributed by atoms with E-state index in [0.717, 1.165) is 30.2 Å². The summed E-state index contributed by atoms with van der Waals surface area (Å²) in [6.07, 6.45) is 1.82. The molecular weight excluding hydrogens is 450 g/mol. The van der Waals surface area contributed by atoms with Crippen LogP contribution in [0.4, 0.5) is 5.69 Å². The average Bonchev–Trinajstić information content (AvgIpc) is 2.80. The van der Waals surface area contributed by atoms with Crippen LogP contribution in [-0.2, 0) is 21.4 Å². The minimum Gasteiger partial charge on any atom is -0.493 e. The van der Waals surface area contributed by atoms with E-state index in [0.29, 0.717) is 28.9 Å². The molecule has 1 heterocycles. The number of hydrogen-bond acceptors (Lipinski definition) is 7. The monoisotopic (exact) mass is 477 g/mol. The number of amides is 1. The minimum atomic E-state index is -3.81. The van der Waals surface area contributed by atoms with Crippen molar-refractivity contribution in [1.29, 1.82) is 0 Å². The summed E-state index contributed by atoms with van der Waals surface area (Å²) in [6.45, 7) is 2.95. The van der Waals surface area contributed by atoms with E-state index in [1.165, 1.54) is 0 Å². The maximum absolute atomic E-state index is 12.6. The molecule has 0 fully saturated rings. The molecule has 1 N–H and O–H groups in total. The van der Waals surface area contributed by atoms with Gasteiger partial charge in [0, 0.05) is 18.7 Å². The van der Waals surface area contributed by atoms with Crippen LogP contribution in [0.1, 0.15) is 25.3 Å². The van der Waals surface area contributed by atoms with E-state index in [9.17, 15) is 13.2 Å². The normalized spacial score (nSPS) is 14.3. The van der Waals surface area contributed by atoms with Crippen molar-refractivity contribution in [3.8, 4) is 11.5 Å². The molecule has 8 nitrogen and oxygen atoms in total. The number of carbonyl (C=O) groups excluding carboxylic acids is 1.